The number of ether oxygens (including phenoxy) is 1. The van der Waals surface area contributed by atoms with Crippen LogP contribution in [-0.2, 0) is 89.6 Å². The van der Waals surface area contributed by atoms with E-state index >= 15 is 33.2 Å². The summed E-state index contributed by atoms with van der Waals surface area (Å²) in [5.41, 5.74) is 1.83. The number of nitrogens with zero attached hydrogens (tertiary/aromatic N) is 9. The van der Waals surface area contributed by atoms with E-state index in [-0.39, 0.29) is 95.2 Å². The number of hydrogen-bond acceptors (Lipinski definition) is 17. The fraction of sp³-hybridized carbons (Fsp3) is 0.506. The maximum atomic E-state index is 16.1. The number of imidazole rings is 2. The van der Waals surface area contributed by atoms with Gasteiger partial charge in [-0.2, -0.15) is 0 Å². The molecule has 3 aromatic carbocycles. The van der Waals surface area contributed by atoms with Crippen molar-refractivity contribution in [1.82, 2.24) is 80.5 Å². The van der Waals surface area contributed by atoms with Gasteiger partial charge >= 0.3 is 11.9 Å². The topological polar surface area (TPSA) is 419 Å². The lowest BCUT2D eigenvalue weighted by Gasteiger charge is -2.38. The minimum Gasteiger partial charge on any atom is -0.485 e. The molecule has 3 aliphatic rings. The van der Waals surface area contributed by atoms with Crippen LogP contribution in [0.25, 0.3) is 10.9 Å². The second-order valence-electron chi connectivity index (χ2n) is 29.9. The minimum absolute atomic E-state index is 0.00406. The predicted molar refractivity (Wildman–Crippen MR) is 403 cm³/mol. The molecule has 0 aliphatic carbocycles. The summed E-state index contributed by atoms with van der Waals surface area (Å²) < 4.78 is 22.0. The second kappa shape index (κ2) is 37.3. The molecular weight excluding hydrogens is 1460 g/mol. The molecule has 6 heterocycles. The number of likely N-dealkylation sites (tertiary alicyclic amines) is 3. The molecule has 10 amide bonds. The predicted octanol–water partition coefficient (Wildman–Crippen LogP) is 2.63. The number of carbonyl (C=O) groups is 12. The first kappa shape index (κ1) is 84.2. The molecule has 598 valence electrons. The first-order valence-electron chi connectivity index (χ1n) is 37.0. The first-order chi connectivity index (χ1) is 52.7. The number of fused-ring (bicyclic) bond motifs is 1. The number of aliphatic hydroxyl groups excluding tert-OH is 1. The summed E-state index contributed by atoms with van der Waals surface area (Å²) in [7, 11) is 6.97. The van der Waals surface area contributed by atoms with E-state index in [9.17, 15) is 44.1 Å². The number of para-hydroxylation sites is 1. The van der Waals surface area contributed by atoms with Gasteiger partial charge in [-0.05, 0) is 119 Å². The third kappa shape index (κ3) is 20.6. The second-order valence-corrected chi connectivity index (χ2v) is 30.3. The maximum Gasteiger partial charge on any atom is 0.326 e. The molecule has 3 saturated heterocycles. The fourth-order valence-corrected chi connectivity index (χ4v) is 15.0. The molecule has 0 spiro atoms. The number of carboxylic acid groups (broad SMARTS) is 2. The molecule has 3 aromatic heterocycles. The van der Waals surface area contributed by atoms with Crippen LogP contribution in [0.3, 0.4) is 0 Å². The van der Waals surface area contributed by atoms with Gasteiger partial charge in [0.15, 0.2) is 11.6 Å². The number of hydrogen-bond donors (Lipinski definition) is 10. The number of carboxylic acids is 2. The molecule has 3 aliphatic heterocycles. The molecule has 6 aromatic rings. The molecule has 0 saturated carbocycles. The Morgan fingerprint density at radius 2 is 1.15 bits per heavy atom. The van der Waals surface area contributed by atoms with Gasteiger partial charge in [0.2, 0.25) is 59.1 Å². The number of aromatic amines is 3. The SMILES string of the molecule is CN[C@@H](CO)C(=O)N(C)C(C(=O)N(C)[C@@H](Cc1c[nH]cn1)C(=O)N[C@@H](Cc1ccc(OC(C)(C)C)c(F)c1)C(=O)N1CCC[C@H]1C(=O)N(C)[C@@H](Cc1c[nH]cn1)C(=O)N1CCC[C@H]1C(=O)N[C@@H](Cc1c[nH]c2ccccc12)C(=O)N(C)[C@@H](Cc1ccc(Cl)cc1)C(=O)NC(CC(=O)O)C(=O)N1CCC[C@H]1C(=O)O)C(C)C. The average Bonchev–Trinajstić information content (AvgIpc) is 1.78. The Balaban J connectivity index is 1.01. The van der Waals surface area contributed by atoms with Gasteiger partial charge in [-0.25, -0.2) is 19.2 Å². The number of likely N-dealkylation sites (N-methyl/N-ethyl adjacent to an activating group) is 5. The van der Waals surface area contributed by atoms with E-state index < -0.39 is 168 Å². The van der Waals surface area contributed by atoms with Gasteiger partial charge in [0, 0.05) is 114 Å². The van der Waals surface area contributed by atoms with Crippen molar-refractivity contribution in [2.45, 2.75) is 184 Å². The van der Waals surface area contributed by atoms with Crippen molar-refractivity contribution in [3.05, 3.63) is 137 Å². The Bertz CT molecular complexity index is 4320. The highest BCUT2D eigenvalue weighted by atomic mass is 35.5. The number of rotatable bonds is 34. The minimum atomic E-state index is -1.77. The van der Waals surface area contributed by atoms with E-state index in [1.54, 1.807) is 83.3 Å². The Hall–Kier alpha value is -10.8. The first-order valence-corrected chi connectivity index (χ1v) is 37.4. The molecule has 0 bridgehead atoms. The van der Waals surface area contributed by atoms with Crippen LogP contribution in [0.15, 0.2) is 98.0 Å². The summed E-state index contributed by atoms with van der Waals surface area (Å²) in [6.45, 7) is 8.02. The molecule has 10 N–H and O–H groups in total. The van der Waals surface area contributed by atoms with Crippen molar-refractivity contribution in [3.8, 4) is 5.75 Å². The van der Waals surface area contributed by atoms with E-state index in [0.717, 1.165) is 14.7 Å². The van der Waals surface area contributed by atoms with Crippen LogP contribution in [0.1, 0.15) is 108 Å². The molecular formula is C77H100ClFN16O16. The Morgan fingerprint density at radius 1 is 0.613 bits per heavy atom. The Kier molecular flexibility index (Phi) is 28.3. The van der Waals surface area contributed by atoms with Crippen molar-refractivity contribution in [3.63, 3.8) is 0 Å². The van der Waals surface area contributed by atoms with Crippen LogP contribution < -0.4 is 26.0 Å². The Morgan fingerprint density at radius 3 is 1.72 bits per heavy atom. The zero-order valence-electron chi connectivity index (χ0n) is 63.9. The van der Waals surface area contributed by atoms with Gasteiger partial charge in [0.1, 0.15) is 72.1 Å². The van der Waals surface area contributed by atoms with Crippen molar-refractivity contribution >= 4 is 93.5 Å². The molecule has 32 nitrogen and oxygen atoms in total. The van der Waals surface area contributed by atoms with E-state index in [0.29, 0.717) is 44.9 Å². The molecule has 11 atom stereocenters. The number of nitrogens with one attached hydrogen (secondary N) is 7. The van der Waals surface area contributed by atoms with Crippen LogP contribution in [0.4, 0.5) is 4.39 Å². The monoisotopic (exact) mass is 1560 g/mol. The van der Waals surface area contributed by atoms with Gasteiger partial charge in [-0.1, -0.05) is 61.8 Å². The summed E-state index contributed by atoms with van der Waals surface area (Å²) in [4.78, 5) is 201. The van der Waals surface area contributed by atoms with Crippen LogP contribution >= 0.6 is 11.6 Å². The molecule has 111 heavy (non-hydrogen) atoms. The van der Waals surface area contributed by atoms with Crippen molar-refractivity contribution in [2.24, 2.45) is 5.92 Å². The molecule has 2 unspecified atom stereocenters. The number of amides is 10. The molecule has 0 radical (unpaired) electrons. The van der Waals surface area contributed by atoms with Gasteiger partial charge in [-0.15, -0.1) is 0 Å². The van der Waals surface area contributed by atoms with E-state index in [4.69, 9.17) is 16.3 Å². The summed E-state index contributed by atoms with van der Waals surface area (Å²) >= 11 is 6.28. The summed E-state index contributed by atoms with van der Waals surface area (Å²) in [6, 6.07) is 2.35. The number of carbonyl (C=O) groups excluding carboxylic acids is 10. The van der Waals surface area contributed by atoms with Gasteiger partial charge in [0.25, 0.3) is 0 Å². The van der Waals surface area contributed by atoms with Crippen LogP contribution in [0, 0.1) is 11.7 Å². The fourth-order valence-electron chi connectivity index (χ4n) is 14.9. The molecule has 3 fully saturated rings. The third-order valence-electron chi connectivity index (χ3n) is 20.7. The maximum absolute atomic E-state index is 16.1. The molecule has 9 rings (SSSR count). The van der Waals surface area contributed by atoms with Gasteiger partial charge < -0.3 is 90.6 Å². The third-order valence-corrected chi connectivity index (χ3v) is 21.0. The zero-order valence-corrected chi connectivity index (χ0v) is 64.7. The van der Waals surface area contributed by atoms with Gasteiger partial charge in [-0.3, -0.25) is 52.7 Å². The van der Waals surface area contributed by atoms with E-state index in [1.165, 1.54) is 98.1 Å². The van der Waals surface area contributed by atoms with Crippen LogP contribution in [0.5, 0.6) is 5.75 Å². The molecule has 34 heteroatoms. The van der Waals surface area contributed by atoms with Crippen LogP contribution in [-0.4, -0.2) is 279 Å². The average molecular weight is 1560 g/mol. The number of H-pyrrole nitrogens is 3. The van der Waals surface area contributed by atoms with Crippen molar-refractivity contribution < 1.29 is 82.0 Å². The number of halogens is 2. The Labute approximate surface area is 646 Å². The lowest BCUT2D eigenvalue weighted by Crippen LogP contribution is -2.61. The lowest BCUT2D eigenvalue weighted by atomic mass is 9.98. The number of aliphatic hydroxyl groups is 1. The highest BCUT2D eigenvalue weighted by molar-refractivity contribution is 6.30. The largest absolute Gasteiger partial charge is 0.485 e. The van der Waals surface area contributed by atoms with E-state index in [2.05, 4.69) is 46.2 Å². The quantitative estimate of drug-likeness (QED) is 0.0277. The summed E-state index contributed by atoms with van der Waals surface area (Å²) in [5.74, 6) is -12.0. The summed E-state index contributed by atoms with van der Waals surface area (Å²) in [5, 5.41) is 42.1. The van der Waals surface area contributed by atoms with E-state index in [1.807, 2.05) is 6.07 Å². The van der Waals surface area contributed by atoms with Crippen molar-refractivity contribution in [2.75, 3.05) is 61.5 Å². The lowest BCUT2D eigenvalue weighted by molar-refractivity contribution is -0.152. The highest BCUT2D eigenvalue weighted by Crippen LogP contribution is 2.30. The number of aromatic nitrogens is 5. The van der Waals surface area contributed by atoms with Gasteiger partial charge in [0.05, 0.1) is 37.1 Å². The zero-order chi connectivity index (χ0) is 80.9. The normalized spacial score (nSPS) is 17.9. The van der Waals surface area contributed by atoms with Crippen LogP contribution in [0.2, 0.25) is 5.02 Å². The smallest absolute Gasteiger partial charge is 0.326 e. The standard InChI is InChI=1S/C77H100ClFN16O16/c1-43(2)65(92(10)70(103)56(40-96)80-6)75(108)90(8)61(34-48-38-81-41-84-48)68(101)86-53(31-45-23-26-63(51(79)30-45)111-77(3,4)5)71(104)94-28-14-19-58(94)73(106)91(9)62(35-49-39-82-42-85-49)74(107)93-27-13-18-57(93)66(99)87-54(33-46-37-83-52-17-12-11-16-50(46)52)69(102)89(7)60(32-44-21-24-47(78)25-22-44)67(100)88-55(36-64(97)98)72(105)95-29-15-20-59(95)76(109)110/h11-12,16-17,21-26,30,37-39,41-43,53-62,65,80,83,96H,13-15,18-20,27-29,31-36,40H2,1-10H3,(H,81,84)(H,82,85)(H,86,101)(H,87,99)(H,88,100)(H,97,98)(H,109,110)/t53-,54-,55?,56-,57-,58-,59-,60-,61-,62-,65?/m0/s1. The number of aliphatic carboxylic acids is 2. The number of benzene rings is 3. The summed E-state index contributed by atoms with van der Waals surface area (Å²) in [6.07, 6.45) is 6.43. The van der Waals surface area contributed by atoms with Crippen molar-refractivity contribution in [1.29, 1.82) is 0 Å². The highest BCUT2D eigenvalue weighted by Gasteiger charge is 2.48.